The minimum absolute atomic E-state index is 0. The summed E-state index contributed by atoms with van der Waals surface area (Å²) in [5.74, 6) is 0. The van der Waals surface area contributed by atoms with Crippen molar-refractivity contribution in [2.75, 3.05) is 5.73 Å². The molecule has 0 aliphatic heterocycles. The monoisotopic (exact) mass is 234 g/mol. The van der Waals surface area contributed by atoms with E-state index in [-0.39, 0.29) is 30.9 Å². The van der Waals surface area contributed by atoms with Gasteiger partial charge < -0.3 is 11.5 Å². The molecule has 0 aromatic heterocycles. The van der Waals surface area contributed by atoms with Crippen molar-refractivity contribution in [2.45, 2.75) is 25.3 Å². The fourth-order valence-electron chi connectivity index (χ4n) is 1.85. The molecule has 80 valence electrons. The van der Waals surface area contributed by atoms with Crippen LogP contribution in [0.5, 0.6) is 0 Å². The lowest BCUT2D eigenvalue weighted by atomic mass is 9.88. The zero-order valence-corrected chi connectivity index (χ0v) is 9.53. The van der Waals surface area contributed by atoms with E-state index in [4.69, 9.17) is 11.5 Å². The van der Waals surface area contributed by atoms with Crippen LogP contribution in [0.2, 0.25) is 0 Å². The summed E-state index contributed by atoms with van der Waals surface area (Å²) in [6.45, 7) is 0. The Morgan fingerprint density at radius 1 is 1.21 bits per heavy atom. The SMILES string of the molecule is Cl.Cl.Nc1ccc2c(c1)C(N)CCC2. The number of nitrogen functional groups attached to an aromatic ring is 1. The minimum Gasteiger partial charge on any atom is -0.399 e. The molecule has 14 heavy (non-hydrogen) atoms. The Morgan fingerprint density at radius 3 is 2.64 bits per heavy atom. The predicted octanol–water partition coefficient (Wildman–Crippen LogP) is 2.45. The van der Waals surface area contributed by atoms with Gasteiger partial charge in [0, 0.05) is 11.7 Å². The molecule has 0 fully saturated rings. The van der Waals surface area contributed by atoms with Gasteiger partial charge in [0.1, 0.15) is 0 Å². The Morgan fingerprint density at radius 2 is 1.93 bits per heavy atom. The van der Waals surface area contributed by atoms with Crippen LogP contribution in [-0.2, 0) is 6.42 Å². The van der Waals surface area contributed by atoms with Gasteiger partial charge in [-0.05, 0) is 42.5 Å². The molecule has 0 amide bonds. The number of nitrogens with two attached hydrogens (primary N) is 2. The third-order valence-electron chi connectivity index (χ3n) is 2.53. The number of hydrogen-bond donors (Lipinski definition) is 2. The van der Waals surface area contributed by atoms with Gasteiger partial charge in [0.2, 0.25) is 0 Å². The lowest BCUT2D eigenvalue weighted by Gasteiger charge is -2.22. The van der Waals surface area contributed by atoms with Crippen LogP contribution in [0.3, 0.4) is 0 Å². The van der Waals surface area contributed by atoms with Crippen molar-refractivity contribution in [1.29, 1.82) is 0 Å². The molecule has 0 radical (unpaired) electrons. The van der Waals surface area contributed by atoms with Gasteiger partial charge in [-0.3, -0.25) is 0 Å². The Kier molecular flexibility index (Phi) is 5.27. The molecule has 1 aliphatic rings. The summed E-state index contributed by atoms with van der Waals surface area (Å²) in [7, 11) is 0. The normalized spacial score (nSPS) is 18.8. The van der Waals surface area contributed by atoms with Crippen LogP contribution in [0.4, 0.5) is 5.69 Å². The lowest BCUT2D eigenvalue weighted by Crippen LogP contribution is -2.17. The number of rotatable bonds is 0. The molecule has 2 nitrogen and oxygen atoms in total. The van der Waals surface area contributed by atoms with Crippen molar-refractivity contribution in [3.05, 3.63) is 29.3 Å². The Hall–Kier alpha value is -0.440. The topological polar surface area (TPSA) is 52.0 Å². The highest BCUT2D eigenvalue weighted by Crippen LogP contribution is 2.28. The molecule has 0 bridgehead atoms. The molecule has 0 heterocycles. The van der Waals surface area contributed by atoms with Gasteiger partial charge >= 0.3 is 0 Å². The number of hydrogen-bond acceptors (Lipinski definition) is 2. The molecular weight excluding hydrogens is 219 g/mol. The molecule has 1 atom stereocenters. The van der Waals surface area contributed by atoms with E-state index in [1.54, 1.807) is 0 Å². The second-order valence-corrected chi connectivity index (χ2v) is 3.46. The molecular formula is C10H16Cl2N2. The van der Waals surface area contributed by atoms with Crippen LogP contribution in [0.25, 0.3) is 0 Å². The van der Waals surface area contributed by atoms with Crippen molar-refractivity contribution in [3.8, 4) is 0 Å². The third-order valence-corrected chi connectivity index (χ3v) is 2.53. The molecule has 1 aromatic rings. The van der Waals surface area contributed by atoms with Crippen LogP contribution in [0.15, 0.2) is 18.2 Å². The number of fused-ring (bicyclic) bond motifs is 1. The van der Waals surface area contributed by atoms with Gasteiger partial charge in [-0.2, -0.15) is 0 Å². The van der Waals surface area contributed by atoms with Crippen molar-refractivity contribution >= 4 is 30.5 Å². The van der Waals surface area contributed by atoms with E-state index in [2.05, 4.69) is 6.07 Å². The maximum atomic E-state index is 5.96. The van der Waals surface area contributed by atoms with Gasteiger partial charge in [-0.25, -0.2) is 0 Å². The second kappa shape index (κ2) is 5.44. The molecule has 0 saturated carbocycles. The van der Waals surface area contributed by atoms with Crippen molar-refractivity contribution < 1.29 is 0 Å². The molecule has 2 rings (SSSR count). The van der Waals surface area contributed by atoms with Gasteiger partial charge in [-0.15, -0.1) is 24.8 Å². The highest BCUT2D eigenvalue weighted by atomic mass is 35.5. The van der Waals surface area contributed by atoms with Gasteiger partial charge in [0.05, 0.1) is 0 Å². The fraction of sp³-hybridized carbons (Fsp3) is 0.400. The van der Waals surface area contributed by atoms with Gasteiger partial charge in [-0.1, -0.05) is 6.07 Å². The van der Waals surface area contributed by atoms with Crippen LogP contribution >= 0.6 is 24.8 Å². The van der Waals surface area contributed by atoms with E-state index in [0.29, 0.717) is 0 Å². The summed E-state index contributed by atoms with van der Waals surface area (Å²) in [6, 6.07) is 6.27. The highest BCUT2D eigenvalue weighted by Gasteiger charge is 2.15. The summed E-state index contributed by atoms with van der Waals surface area (Å²) in [5, 5.41) is 0. The Bertz CT molecular complexity index is 302. The maximum Gasteiger partial charge on any atom is 0.0317 e. The first-order valence-corrected chi connectivity index (χ1v) is 4.41. The van der Waals surface area contributed by atoms with E-state index in [1.165, 1.54) is 17.5 Å². The molecule has 4 N–H and O–H groups in total. The average molecular weight is 235 g/mol. The smallest absolute Gasteiger partial charge is 0.0317 e. The first kappa shape index (κ1) is 13.6. The van der Waals surface area contributed by atoms with E-state index in [9.17, 15) is 0 Å². The standard InChI is InChI=1S/C10H14N2.2ClH/c11-8-5-4-7-2-1-3-10(12)9(7)6-8;;/h4-6,10H,1-3,11-12H2;2*1H. The average Bonchev–Trinajstić information content (AvgIpc) is 2.07. The number of halogens is 2. The lowest BCUT2D eigenvalue weighted by molar-refractivity contribution is 0.571. The minimum atomic E-state index is 0. The number of benzene rings is 1. The van der Waals surface area contributed by atoms with E-state index in [1.807, 2.05) is 12.1 Å². The summed E-state index contributed by atoms with van der Waals surface area (Å²) in [6.07, 6.45) is 3.46. The first-order valence-electron chi connectivity index (χ1n) is 4.41. The van der Waals surface area contributed by atoms with E-state index >= 15 is 0 Å². The highest BCUT2D eigenvalue weighted by molar-refractivity contribution is 5.85. The molecule has 0 spiro atoms. The summed E-state index contributed by atoms with van der Waals surface area (Å²) in [5.41, 5.74) is 15.1. The Labute approximate surface area is 96.9 Å². The Balaban J connectivity index is 0.000000845. The van der Waals surface area contributed by atoms with Crippen LogP contribution in [0.1, 0.15) is 30.0 Å². The molecule has 4 heteroatoms. The largest absolute Gasteiger partial charge is 0.399 e. The van der Waals surface area contributed by atoms with E-state index in [0.717, 1.165) is 18.5 Å². The number of aryl methyl sites for hydroxylation is 1. The zero-order valence-electron chi connectivity index (χ0n) is 7.90. The van der Waals surface area contributed by atoms with Crippen LogP contribution < -0.4 is 11.5 Å². The maximum absolute atomic E-state index is 5.96. The van der Waals surface area contributed by atoms with Crippen molar-refractivity contribution in [3.63, 3.8) is 0 Å². The molecule has 0 saturated heterocycles. The summed E-state index contributed by atoms with van der Waals surface area (Å²) in [4.78, 5) is 0. The molecule has 1 aliphatic carbocycles. The third kappa shape index (κ3) is 2.53. The van der Waals surface area contributed by atoms with Crippen LogP contribution in [0, 0.1) is 0 Å². The summed E-state index contributed by atoms with van der Waals surface area (Å²) >= 11 is 0. The predicted molar refractivity (Wildman–Crippen MR) is 65.2 cm³/mol. The van der Waals surface area contributed by atoms with Crippen LogP contribution in [-0.4, -0.2) is 0 Å². The van der Waals surface area contributed by atoms with Crippen molar-refractivity contribution in [1.82, 2.24) is 0 Å². The summed E-state index contributed by atoms with van der Waals surface area (Å²) < 4.78 is 0. The van der Waals surface area contributed by atoms with Gasteiger partial charge in [0.15, 0.2) is 0 Å². The number of anilines is 1. The molecule has 1 aromatic carbocycles. The van der Waals surface area contributed by atoms with E-state index < -0.39 is 0 Å². The zero-order chi connectivity index (χ0) is 8.55. The second-order valence-electron chi connectivity index (χ2n) is 3.46. The van der Waals surface area contributed by atoms with Crippen molar-refractivity contribution in [2.24, 2.45) is 5.73 Å². The van der Waals surface area contributed by atoms with Gasteiger partial charge in [0.25, 0.3) is 0 Å². The quantitative estimate of drug-likeness (QED) is 0.678. The molecule has 1 unspecified atom stereocenters. The first-order chi connectivity index (χ1) is 5.77. The fourth-order valence-corrected chi connectivity index (χ4v) is 1.85.